The number of ether oxygens (including phenoxy) is 1. The molecule has 9 nitrogen and oxygen atoms in total. The zero-order chi connectivity index (χ0) is 24.5. The molecular weight excluding hydrogens is 458 g/mol. The summed E-state index contributed by atoms with van der Waals surface area (Å²) in [5, 5.41) is 9.63. The van der Waals surface area contributed by atoms with Crippen LogP contribution in [0.1, 0.15) is 12.8 Å². The molecule has 0 spiro atoms. The summed E-state index contributed by atoms with van der Waals surface area (Å²) in [4.78, 5) is 29.8. The van der Waals surface area contributed by atoms with Gasteiger partial charge in [0.05, 0.1) is 5.39 Å². The molecule has 2 saturated heterocycles. The number of rotatable bonds is 5. The Kier molecular flexibility index (Phi) is 6.33. The summed E-state index contributed by atoms with van der Waals surface area (Å²) in [6.45, 7) is 2.67. The second-order valence-corrected chi connectivity index (χ2v) is 8.84. The third kappa shape index (κ3) is 4.55. The number of anilines is 1. The first-order valence-electron chi connectivity index (χ1n) is 11.6. The molecule has 1 atom stereocenters. The molecule has 4 heterocycles. The molecule has 184 valence electrons. The number of amides is 1. The van der Waals surface area contributed by atoms with Gasteiger partial charge in [-0.25, -0.2) is 13.6 Å². The van der Waals surface area contributed by atoms with E-state index in [0.29, 0.717) is 30.9 Å². The van der Waals surface area contributed by atoms with E-state index >= 15 is 4.39 Å². The molecule has 2 aromatic heterocycles. The summed E-state index contributed by atoms with van der Waals surface area (Å²) in [5.41, 5.74) is -0.117. The van der Waals surface area contributed by atoms with E-state index < -0.39 is 17.7 Å². The van der Waals surface area contributed by atoms with Crippen LogP contribution in [0.3, 0.4) is 0 Å². The molecule has 0 bridgehead atoms. The average Bonchev–Trinajstić information content (AvgIpc) is 3.28. The van der Waals surface area contributed by atoms with E-state index in [-0.39, 0.29) is 41.9 Å². The fourth-order valence-electron chi connectivity index (χ4n) is 4.64. The van der Waals surface area contributed by atoms with Gasteiger partial charge >= 0.3 is 12.1 Å². The first-order valence-corrected chi connectivity index (χ1v) is 11.6. The van der Waals surface area contributed by atoms with Crippen LogP contribution in [0, 0.1) is 11.6 Å². The van der Waals surface area contributed by atoms with E-state index in [9.17, 15) is 14.3 Å². The van der Waals surface area contributed by atoms with E-state index in [1.807, 2.05) is 11.9 Å². The van der Waals surface area contributed by atoms with Crippen LogP contribution >= 0.6 is 0 Å². The highest BCUT2D eigenvalue weighted by atomic mass is 19.1. The van der Waals surface area contributed by atoms with Gasteiger partial charge in [-0.1, -0.05) is 12.1 Å². The lowest BCUT2D eigenvalue weighted by atomic mass is 10.1. The predicted octanol–water partition coefficient (Wildman–Crippen LogP) is 3.24. The number of pyridine rings is 1. The molecule has 5 rings (SSSR count). The van der Waals surface area contributed by atoms with Gasteiger partial charge in [-0.15, -0.1) is 0 Å². The monoisotopic (exact) mass is 484 g/mol. The van der Waals surface area contributed by atoms with Crippen LogP contribution < -0.4 is 9.64 Å². The molecule has 0 aliphatic carbocycles. The first kappa shape index (κ1) is 23.2. The van der Waals surface area contributed by atoms with Gasteiger partial charge in [0.25, 0.3) is 0 Å². The molecule has 1 aromatic carbocycles. The summed E-state index contributed by atoms with van der Waals surface area (Å²) in [7, 11) is 2.03. The lowest BCUT2D eigenvalue weighted by molar-refractivity contribution is 0.142. The van der Waals surface area contributed by atoms with Gasteiger partial charge in [-0.3, -0.25) is 4.98 Å². The summed E-state index contributed by atoms with van der Waals surface area (Å²) in [6, 6.07) is 6.10. The van der Waals surface area contributed by atoms with Crippen molar-refractivity contribution in [2.45, 2.75) is 18.9 Å². The van der Waals surface area contributed by atoms with Crippen LogP contribution in [0.4, 0.5) is 19.4 Å². The van der Waals surface area contributed by atoms with Crippen LogP contribution in [0.5, 0.6) is 6.01 Å². The van der Waals surface area contributed by atoms with Crippen molar-refractivity contribution >= 4 is 22.8 Å². The molecule has 3 aromatic rings. The number of likely N-dealkylation sites (tertiary alicyclic amines) is 1. The lowest BCUT2D eigenvalue weighted by Crippen LogP contribution is -2.48. The highest BCUT2D eigenvalue weighted by molar-refractivity contribution is 5.92. The second-order valence-electron chi connectivity index (χ2n) is 8.84. The third-order valence-electron chi connectivity index (χ3n) is 6.70. The smallest absolute Gasteiger partial charge is 0.407 e. The molecule has 11 heteroatoms. The van der Waals surface area contributed by atoms with Crippen LogP contribution in [0.15, 0.2) is 30.5 Å². The second kappa shape index (κ2) is 9.57. The third-order valence-corrected chi connectivity index (χ3v) is 6.70. The number of likely N-dealkylation sites (N-methyl/N-ethyl adjacent to an activating group) is 1. The number of aromatic nitrogens is 3. The Morgan fingerprint density at radius 1 is 1.14 bits per heavy atom. The van der Waals surface area contributed by atoms with Crippen molar-refractivity contribution in [1.29, 1.82) is 0 Å². The van der Waals surface area contributed by atoms with E-state index in [4.69, 9.17) is 4.74 Å². The Labute approximate surface area is 201 Å². The van der Waals surface area contributed by atoms with Crippen molar-refractivity contribution in [2.24, 2.45) is 0 Å². The molecule has 1 unspecified atom stereocenters. The minimum absolute atomic E-state index is 0.0151. The van der Waals surface area contributed by atoms with E-state index in [1.165, 1.54) is 29.3 Å². The van der Waals surface area contributed by atoms with Gasteiger partial charge in [0, 0.05) is 44.0 Å². The summed E-state index contributed by atoms with van der Waals surface area (Å²) in [5.74, 6) is -0.928. The van der Waals surface area contributed by atoms with Gasteiger partial charge in [0.15, 0.2) is 5.82 Å². The van der Waals surface area contributed by atoms with E-state index in [1.54, 1.807) is 6.07 Å². The molecule has 35 heavy (non-hydrogen) atoms. The van der Waals surface area contributed by atoms with Crippen LogP contribution in [0.25, 0.3) is 22.2 Å². The largest absolute Gasteiger partial charge is 0.465 e. The number of hydrogen-bond acceptors (Lipinski definition) is 7. The maximum atomic E-state index is 15.7. The molecular formula is C24H26F2N6O3. The van der Waals surface area contributed by atoms with Gasteiger partial charge in [0.2, 0.25) is 0 Å². The number of carbonyl (C=O) groups is 1. The number of piperazine rings is 1. The number of nitrogens with zero attached hydrogens (tertiary/aromatic N) is 6. The zero-order valence-corrected chi connectivity index (χ0v) is 19.3. The Morgan fingerprint density at radius 3 is 2.60 bits per heavy atom. The van der Waals surface area contributed by atoms with Crippen molar-refractivity contribution in [2.75, 3.05) is 51.3 Å². The number of hydrogen-bond donors (Lipinski definition) is 1. The maximum absolute atomic E-state index is 15.7. The predicted molar refractivity (Wildman–Crippen MR) is 126 cm³/mol. The molecule has 1 amide bonds. The number of carboxylic acid groups (broad SMARTS) is 1. The van der Waals surface area contributed by atoms with Gasteiger partial charge in [-0.2, -0.15) is 9.97 Å². The molecule has 1 N–H and O–H groups in total. The molecule has 2 fully saturated rings. The topological polar surface area (TPSA) is 94.9 Å². The van der Waals surface area contributed by atoms with Crippen LogP contribution in [0.2, 0.25) is 0 Å². The van der Waals surface area contributed by atoms with Crippen molar-refractivity contribution in [3.63, 3.8) is 0 Å². The van der Waals surface area contributed by atoms with Crippen molar-refractivity contribution in [3.05, 3.63) is 42.1 Å². The van der Waals surface area contributed by atoms with Crippen molar-refractivity contribution in [3.8, 4) is 17.3 Å². The standard InChI is InChI=1S/C24H26F2N6O3/c1-30-8-4-5-15(30)14-35-23-28-21-17(22(29-23)31-9-11-32(12-10-31)24(33)34)13-27-20(19(21)26)16-6-2-3-7-18(16)25/h2-3,6-7,13,15H,4-5,8-12,14H2,1H3,(H,33,34). The summed E-state index contributed by atoms with van der Waals surface area (Å²) in [6.07, 6.45) is 2.52. The average molecular weight is 485 g/mol. The molecule has 0 saturated carbocycles. The highest BCUT2D eigenvalue weighted by Gasteiger charge is 2.27. The summed E-state index contributed by atoms with van der Waals surface area (Å²) >= 11 is 0. The van der Waals surface area contributed by atoms with E-state index in [2.05, 4.69) is 19.9 Å². The lowest BCUT2D eigenvalue weighted by Gasteiger charge is -2.34. The molecule has 2 aliphatic heterocycles. The SMILES string of the molecule is CN1CCCC1COc1nc(N2CCN(C(=O)O)CC2)c2cnc(-c3ccccc3F)c(F)c2n1. The Balaban J connectivity index is 1.55. The first-order chi connectivity index (χ1) is 16.9. The van der Waals surface area contributed by atoms with Gasteiger partial charge in [0.1, 0.15) is 29.5 Å². The number of halogens is 2. The van der Waals surface area contributed by atoms with Crippen LogP contribution in [-0.4, -0.2) is 88.4 Å². The zero-order valence-electron chi connectivity index (χ0n) is 19.3. The van der Waals surface area contributed by atoms with E-state index in [0.717, 1.165) is 19.4 Å². The fourth-order valence-corrected chi connectivity index (χ4v) is 4.64. The minimum atomic E-state index is -0.982. The summed E-state index contributed by atoms with van der Waals surface area (Å²) < 4.78 is 36.1. The van der Waals surface area contributed by atoms with Gasteiger partial charge in [-0.05, 0) is 38.6 Å². The van der Waals surface area contributed by atoms with Gasteiger partial charge < -0.3 is 24.5 Å². The number of benzene rings is 1. The molecule has 0 radical (unpaired) electrons. The number of fused-ring (bicyclic) bond motifs is 1. The minimum Gasteiger partial charge on any atom is -0.465 e. The fraction of sp³-hybridized carbons (Fsp3) is 0.417. The maximum Gasteiger partial charge on any atom is 0.407 e. The Hall–Kier alpha value is -3.60. The Morgan fingerprint density at radius 2 is 1.91 bits per heavy atom. The van der Waals surface area contributed by atoms with Crippen molar-refractivity contribution in [1.82, 2.24) is 24.8 Å². The quantitative estimate of drug-likeness (QED) is 0.590. The Bertz CT molecular complexity index is 1250. The molecule has 2 aliphatic rings. The van der Waals surface area contributed by atoms with Crippen LogP contribution in [-0.2, 0) is 0 Å². The van der Waals surface area contributed by atoms with Crippen molar-refractivity contribution < 1.29 is 23.4 Å². The highest BCUT2D eigenvalue weighted by Crippen LogP contribution is 2.33. The normalized spacial score (nSPS) is 18.9.